The molecular weight excluding hydrogens is 290 g/mol. The standard InChI is InChI=1S/C14H14F2N6/c1-8-18-13-9-6-10(15)11(16)7-12(9)19-14(22(13)20-8)21-4-2-17-3-5-21/h6-7,17H,2-5H2,1H3. The average molecular weight is 304 g/mol. The van der Waals surface area contributed by atoms with Gasteiger partial charge in [-0.3, -0.25) is 0 Å². The molecule has 0 aliphatic carbocycles. The Balaban J connectivity index is 2.03. The Bertz CT molecular complexity index is 869. The van der Waals surface area contributed by atoms with Gasteiger partial charge in [-0.05, 0) is 13.0 Å². The zero-order valence-corrected chi connectivity index (χ0v) is 12.0. The van der Waals surface area contributed by atoms with Gasteiger partial charge in [0.2, 0.25) is 5.95 Å². The summed E-state index contributed by atoms with van der Waals surface area (Å²) in [6.45, 7) is 4.99. The van der Waals surface area contributed by atoms with Gasteiger partial charge in [-0.15, -0.1) is 5.10 Å². The van der Waals surface area contributed by atoms with E-state index < -0.39 is 11.6 Å². The second kappa shape index (κ2) is 4.84. The first-order valence-corrected chi connectivity index (χ1v) is 7.11. The molecule has 114 valence electrons. The Morgan fingerprint density at radius 1 is 1.09 bits per heavy atom. The molecule has 0 atom stereocenters. The van der Waals surface area contributed by atoms with Gasteiger partial charge in [-0.25, -0.2) is 18.7 Å². The molecule has 1 aliphatic rings. The fraction of sp³-hybridized carbons (Fsp3) is 0.357. The van der Waals surface area contributed by atoms with E-state index in [0.717, 1.165) is 38.3 Å². The number of piperazine rings is 1. The van der Waals surface area contributed by atoms with Gasteiger partial charge in [0.05, 0.1) is 5.52 Å². The molecule has 0 amide bonds. The van der Waals surface area contributed by atoms with Gasteiger partial charge in [0, 0.05) is 37.6 Å². The molecule has 1 aliphatic heterocycles. The topological polar surface area (TPSA) is 58.4 Å². The Hall–Kier alpha value is -2.35. The van der Waals surface area contributed by atoms with E-state index in [2.05, 4.69) is 25.3 Å². The lowest BCUT2D eigenvalue weighted by Gasteiger charge is -2.28. The second-order valence-corrected chi connectivity index (χ2v) is 5.33. The number of benzene rings is 1. The lowest BCUT2D eigenvalue weighted by atomic mass is 10.2. The third kappa shape index (κ3) is 1.98. The predicted molar refractivity (Wildman–Crippen MR) is 78.0 cm³/mol. The summed E-state index contributed by atoms with van der Waals surface area (Å²) in [5, 5.41) is 8.08. The van der Waals surface area contributed by atoms with E-state index in [9.17, 15) is 8.78 Å². The van der Waals surface area contributed by atoms with E-state index in [1.165, 1.54) is 0 Å². The minimum absolute atomic E-state index is 0.382. The summed E-state index contributed by atoms with van der Waals surface area (Å²) in [4.78, 5) is 10.9. The molecule has 0 unspecified atom stereocenters. The van der Waals surface area contributed by atoms with Gasteiger partial charge in [0.1, 0.15) is 5.82 Å². The Kier molecular flexibility index (Phi) is 2.93. The Morgan fingerprint density at radius 2 is 1.82 bits per heavy atom. The van der Waals surface area contributed by atoms with Gasteiger partial charge >= 0.3 is 0 Å². The zero-order chi connectivity index (χ0) is 15.3. The fourth-order valence-electron chi connectivity index (χ4n) is 2.76. The number of nitrogens with zero attached hydrogens (tertiary/aromatic N) is 5. The highest BCUT2D eigenvalue weighted by Gasteiger charge is 2.20. The minimum Gasteiger partial charge on any atom is -0.338 e. The van der Waals surface area contributed by atoms with E-state index in [-0.39, 0.29) is 0 Å². The third-order valence-corrected chi connectivity index (χ3v) is 3.80. The number of hydrogen-bond donors (Lipinski definition) is 1. The Morgan fingerprint density at radius 3 is 2.59 bits per heavy atom. The van der Waals surface area contributed by atoms with E-state index in [4.69, 9.17) is 0 Å². The lowest BCUT2D eigenvalue weighted by molar-refractivity contribution is 0.510. The van der Waals surface area contributed by atoms with Crippen molar-refractivity contribution in [2.45, 2.75) is 6.92 Å². The number of rotatable bonds is 1. The van der Waals surface area contributed by atoms with Crippen LogP contribution in [0.25, 0.3) is 16.6 Å². The van der Waals surface area contributed by atoms with Crippen LogP contribution in [0.15, 0.2) is 12.1 Å². The number of aryl methyl sites for hydroxylation is 1. The molecule has 6 nitrogen and oxygen atoms in total. The maximum Gasteiger partial charge on any atom is 0.229 e. The van der Waals surface area contributed by atoms with Crippen molar-refractivity contribution < 1.29 is 8.78 Å². The van der Waals surface area contributed by atoms with Gasteiger partial charge in [-0.1, -0.05) is 0 Å². The molecule has 22 heavy (non-hydrogen) atoms. The molecule has 0 spiro atoms. The maximum atomic E-state index is 13.6. The molecule has 3 aromatic rings. The highest BCUT2D eigenvalue weighted by atomic mass is 19.2. The first-order chi connectivity index (χ1) is 10.6. The molecule has 1 N–H and O–H groups in total. The predicted octanol–water partition coefficient (Wildman–Crippen LogP) is 1.27. The van der Waals surface area contributed by atoms with Crippen molar-refractivity contribution in [2.24, 2.45) is 0 Å². The van der Waals surface area contributed by atoms with Crippen molar-refractivity contribution in [2.75, 3.05) is 31.1 Å². The van der Waals surface area contributed by atoms with Crippen molar-refractivity contribution in [3.63, 3.8) is 0 Å². The molecule has 1 saturated heterocycles. The van der Waals surface area contributed by atoms with Crippen LogP contribution in [0.2, 0.25) is 0 Å². The van der Waals surface area contributed by atoms with E-state index in [0.29, 0.717) is 28.3 Å². The highest BCUT2D eigenvalue weighted by molar-refractivity contribution is 5.92. The van der Waals surface area contributed by atoms with Crippen molar-refractivity contribution in [3.8, 4) is 0 Å². The van der Waals surface area contributed by atoms with Crippen LogP contribution in [-0.2, 0) is 0 Å². The number of hydrogen-bond acceptors (Lipinski definition) is 5. The summed E-state index contributed by atoms with van der Waals surface area (Å²) < 4.78 is 28.7. The quantitative estimate of drug-likeness (QED) is 0.734. The van der Waals surface area contributed by atoms with Gasteiger partial charge in [0.25, 0.3) is 0 Å². The van der Waals surface area contributed by atoms with Crippen molar-refractivity contribution in [1.82, 2.24) is 24.9 Å². The summed E-state index contributed by atoms with van der Waals surface area (Å²) in [7, 11) is 0. The molecule has 0 saturated carbocycles. The smallest absolute Gasteiger partial charge is 0.229 e. The van der Waals surface area contributed by atoms with Crippen molar-refractivity contribution in [3.05, 3.63) is 29.6 Å². The highest BCUT2D eigenvalue weighted by Crippen LogP contribution is 2.25. The number of nitrogens with one attached hydrogen (secondary N) is 1. The minimum atomic E-state index is -0.910. The van der Waals surface area contributed by atoms with E-state index in [1.54, 1.807) is 11.4 Å². The number of anilines is 1. The average Bonchev–Trinajstić information content (AvgIpc) is 2.91. The summed E-state index contributed by atoms with van der Waals surface area (Å²) in [5.41, 5.74) is 0.877. The van der Waals surface area contributed by atoms with Crippen LogP contribution in [0, 0.1) is 18.6 Å². The van der Waals surface area contributed by atoms with Crippen LogP contribution in [0.4, 0.5) is 14.7 Å². The van der Waals surface area contributed by atoms with Gasteiger partial charge < -0.3 is 10.2 Å². The van der Waals surface area contributed by atoms with Gasteiger partial charge in [-0.2, -0.15) is 4.52 Å². The van der Waals surface area contributed by atoms with E-state index >= 15 is 0 Å². The maximum absolute atomic E-state index is 13.6. The molecular formula is C14H14F2N6. The SMILES string of the molecule is Cc1nc2c3cc(F)c(F)cc3nc(N3CCNCC3)n2n1. The summed E-state index contributed by atoms with van der Waals surface area (Å²) in [6, 6.07) is 2.24. The number of halogens is 2. The molecule has 0 radical (unpaired) electrons. The van der Waals surface area contributed by atoms with Crippen LogP contribution in [0.1, 0.15) is 5.82 Å². The first-order valence-electron chi connectivity index (χ1n) is 7.11. The fourth-order valence-corrected chi connectivity index (χ4v) is 2.76. The third-order valence-electron chi connectivity index (χ3n) is 3.80. The lowest BCUT2D eigenvalue weighted by Crippen LogP contribution is -2.44. The Labute approximate surface area is 124 Å². The molecule has 4 rings (SSSR count). The summed E-state index contributed by atoms with van der Waals surface area (Å²) >= 11 is 0. The van der Waals surface area contributed by atoms with Crippen LogP contribution in [0.5, 0.6) is 0 Å². The normalized spacial score (nSPS) is 15.9. The monoisotopic (exact) mass is 304 g/mol. The molecule has 1 fully saturated rings. The molecule has 2 aromatic heterocycles. The first kappa shape index (κ1) is 13.3. The molecule has 8 heteroatoms. The molecule has 1 aromatic carbocycles. The molecule has 0 bridgehead atoms. The van der Waals surface area contributed by atoms with Gasteiger partial charge in [0.15, 0.2) is 17.3 Å². The summed E-state index contributed by atoms with van der Waals surface area (Å²) in [6.07, 6.45) is 0. The largest absolute Gasteiger partial charge is 0.338 e. The van der Waals surface area contributed by atoms with Crippen LogP contribution in [-0.4, -0.2) is 45.8 Å². The van der Waals surface area contributed by atoms with E-state index in [1.807, 2.05) is 0 Å². The summed E-state index contributed by atoms with van der Waals surface area (Å²) in [5.74, 6) is -0.648. The second-order valence-electron chi connectivity index (χ2n) is 5.33. The number of fused-ring (bicyclic) bond motifs is 3. The van der Waals surface area contributed by atoms with Crippen LogP contribution >= 0.6 is 0 Å². The molecule has 3 heterocycles. The van der Waals surface area contributed by atoms with Crippen molar-refractivity contribution in [1.29, 1.82) is 0 Å². The van der Waals surface area contributed by atoms with Crippen LogP contribution in [0.3, 0.4) is 0 Å². The van der Waals surface area contributed by atoms with Crippen molar-refractivity contribution >= 4 is 22.5 Å². The zero-order valence-electron chi connectivity index (χ0n) is 12.0. The van der Waals surface area contributed by atoms with Crippen LogP contribution < -0.4 is 10.2 Å². The number of aromatic nitrogens is 4.